The van der Waals surface area contributed by atoms with Crippen LogP contribution in [0.3, 0.4) is 0 Å². The minimum atomic E-state index is -0.170. The number of ether oxygens (including phenoxy) is 2. The first-order chi connectivity index (χ1) is 11.6. The standard InChI is InChI=1S/C17H19ClN2O3S/c1-3-22-12-7-8-15(23-4-2)14(10-12)20-16(21)11-24-17-13(18)6-5-9-19-17/h5-10H,3-4,11H2,1-2H3,(H,20,21). The van der Waals surface area contributed by atoms with Crippen LogP contribution in [0.2, 0.25) is 5.02 Å². The number of pyridine rings is 1. The third kappa shape index (κ3) is 5.32. The highest BCUT2D eigenvalue weighted by atomic mass is 35.5. The fraction of sp³-hybridized carbons (Fsp3) is 0.294. The molecule has 5 nitrogen and oxygen atoms in total. The number of thioether (sulfide) groups is 1. The molecule has 0 radical (unpaired) electrons. The molecule has 2 aromatic rings. The maximum atomic E-state index is 12.2. The van der Waals surface area contributed by atoms with Gasteiger partial charge in [-0.1, -0.05) is 23.4 Å². The number of anilines is 1. The molecule has 0 fully saturated rings. The first-order valence-corrected chi connectivity index (χ1v) is 8.93. The molecule has 0 aliphatic rings. The van der Waals surface area contributed by atoms with E-state index < -0.39 is 0 Å². The number of nitrogens with zero attached hydrogens (tertiary/aromatic N) is 1. The molecule has 0 aliphatic heterocycles. The molecular weight excluding hydrogens is 348 g/mol. The Morgan fingerprint density at radius 3 is 2.75 bits per heavy atom. The zero-order valence-corrected chi connectivity index (χ0v) is 15.1. The quantitative estimate of drug-likeness (QED) is 0.707. The van der Waals surface area contributed by atoms with Crippen molar-refractivity contribution in [2.24, 2.45) is 0 Å². The van der Waals surface area contributed by atoms with Crippen molar-refractivity contribution >= 4 is 35.0 Å². The lowest BCUT2D eigenvalue weighted by molar-refractivity contribution is -0.113. The van der Waals surface area contributed by atoms with Gasteiger partial charge in [-0.3, -0.25) is 4.79 Å². The Kier molecular flexibility index (Phi) is 7.21. The van der Waals surface area contributed by atoms with Crippen molar-refractivity contribution in [3.05, 3.63) is 41.6 Å². The molecule has 1 aromatic heterocycles. The average molecular weight is 367 g/mol. The summed E-state index contributed by atoms with van der Waals surface area (Å²) < 4.78 is 11.0. The van der Waals surface area contributed by atoms with Crippen LogP contribution in [0.5, 0.6) is 11.5 Å². The molecule has 7 heteroatoms. The van der Waals surface area contributed by atoms with Crippen molar-refractivity contribution in [2.45, 2.75) is 18.9 Å². The maximum absolute atomic E-state index is 12.2. The monoisotopic (exact) mass is 366 g/mol. The van der Waals surface area contributed by atoms with Crippen LogP contribution in [0, 0.1) is 0 Å². The number of hydrogen-bond donors (Lipinski definition) is 1. The molecular formula is C17H19ClN2O3S. The van der Waals surface area contributed by atoms with Gasteiger partial charge in [-0.05, 0) is 38.1 Å². The van der Waals surface area contributed by atoms with Gasteiger partial charge in [-0.25, -0.2) is 4.98 Å². The van der Waals surface area contributed by atoms with Crippen LogP contribution in [0.1, 0.15) is 13.8 Å². The van der Waals surface area contributed by atoms with Gasteiger partial charge in [0.15, 0.2) is 0 Å². The number of carbonyl (C=O) groups excluding carboxylic acids is 1. The summed E-state index contributed by atoms with van der Waals surface area (Å²) in [5.74, 6) is 1.31. The van der Waals surface area contributed by atoms with Gasteiger partial charge < -0.3 is 14.8 Å². The van der Waals surface area contributed by atoms with Crippen molar-refractivity contribution in [1.82, 2.24) is 4.98 Å². The van der Waals surface area contributed by atoms with Crippen LogP contribution in [-0.4, -0.2) is 29.9 Å². The van der Waals surface area contributed by atoms with E-state index in [4.69, 9.17) is 21.1 Å². The van der Waals surface area contributed by atoms with Crippen molar-refractivity contribution < 1.29 is 14.3 Å². The van der Waals surface area contributed by atoms with E-state index in [0.717, 1.165) is 0 Å². The fourth-order valence-electron chi connectivity index (χ4n) is 1.94. The second kappa shape index (κ2) is 9.39. The smallest absolute Gasteiger partial charge is 0.234 e. The van der Waals surface area contributed by atoms with Crippen LogP contribution in [0.4, 0.5) is 5.69 Å². The Morgan fingerprint density at radius 1 is 1.25 bits per heavy atom. The van der Waals surface area contributed by atoms with Crippen molar-refractivity contribution in [2.75, 3.05) is 24.3 Å². The third-order valence-corrected chi connectivity index (χ3v) is 4.32. The SMILES string of the molecule is CCOc1ccc(OCC)c(NC(=O)CSc2ncccc2Cl)c1. The van der Waals surface area contributed by atoms with Gasteiger partial charge in [0.2, 0.25) is 5.91 Å². The lowest BCUT2D eigenvalue weighted by Gasteiger charge is -2.13. The summed E-state index contributed by atoms with van der Waals surface area (Å²) in [4.78, 5) is 16.4. The van der Waals surface area contributed by atoms with E-state index in [9.17, 15) is 4.79 Å². The lowest BCUT2D eigenvalue weighted by atomic mass is 10.2. The summed E-state index contributed by atoms with van der Waals surface area (Å²) in [7, 11) is 0. The Bertz CT molecular complexity index is 697. The van der Waals surface area contributed by atoms with Gasteiger partial charge in [0.05, 0.1) is 29.7 Å². The van der Waals surface area contributed by atoms with Crippen LogP contribution in [0.15, 0.2) is 41.6 Å². The second-order valence-electron chi connectivity index (χ2n) is 4.65. The Balaban J connectivity index is 2.04. The predicted octanol–water partition coefficient (Wildman–Crippen LogP) is 4.26. The van der Waals surface area contributed by atoms with Gasteiger partial charge in [0.25, 0.3) is 0 Å². The van der Waals surface area contributed by atoms with E-state index in [1.165, 1.54) is 11.8 Å². The molecule has 128 valence electrons. The van der Waals surface area contributed by atoms with Crippen LogP contribution >= 0.6 is 23.4 Å². The number of rotatable bonds is 8. The Morgan fingerprint density at radius 2 is 2.04 bits per heavy atom. The molecule has 1 N–H and O–H groups in total. The normalized spacial score (nSPS) is 10.3. The molecule has 2 rings (SSSR count). The summed E-state index contributed by atoms with van der Waals surface area (Å²) in [5, 5.41) is 4.01. The molecule has 0 atom stereocenters. The number of benzene rings is 1. The first kappa shape index (κ1) is 18.4. The topological polar surface area (TPSA) is 60.5 Å². The molecule has 0 spiro atoms. The van der Waals surface area contributed by atoms with E-state index in [-0.39, 0.29) is 11.7 Å². The number of hydrogen-bond acceptors (Lipinski definition) is 5. The van der Waals surface area contributed by atoms with Gasteiger partial charge in [-0.15, -0.1) is 0 Å². The number of nitrogens with one attached hydrogen (secondary N) is 1. The summed E-state index contributed by atoms with van der Waals surface area (Å²) in [6.45, 7) is 4.85. The maximum Gasteiger partial charge on any atom is 0.234 e. The molecule has 0 bridgehead atoms. The lowest BCUT2D eigenvalue weighted by Crippen LogP contribution is -2.15. The van der Waals surface area contributed by atoms with Gasteiger partial charge in [0.1, 0.15) is 16.5 Å². The molecule has 1 heterocycles. The van der Waals surface area contributed by atoms with E-state index in [1.807, 2.05) is 19.9 Å². The average Bonchev–Trinajstić information content (AvgIpc) is 2.57. The molecule has 1 amide bonds. The first-order valence-electron chi connectivity index (χ1n) is 7.56. The zero-order chi connectivity index (χ0) is 17.4. The zero-order valence-electron chi connectivity index (χ0n) is 13.5. The van der Waals surface area contributed by atoms with E-state index in [0.29, 0.717) is 40.4 Å². The molecule has 0 saturated heterocycles. The highest BCUT2D eigenvalue weighted by Crippen LogP contribution is 2.30. The Hall–Kier alpha value is -1.92. The number of amides is 1. The third-order valence-electron chi connectivity index (χ3n) is 2.90. The second-order valence-corrected chi connectivity index (χ2v) is 6.02. The number of halogens is 1. The summed E-state index contributed by atoms with van der Waals surface area (Å²) in [6, 6.07) is 8.85. The van der Waals surface area contributed by atoms with Crippen LogP contribution in [-0.2, 0) is 4.79 Å². The molecule has 0 unspecified atom stereocenters. The van der Waals surface area contributed by atoms with Crippen molar-refractivity contribution in [1.29, 1.82) is 0 Å². The minimum absolute atomic E-state index is 0.170. The highest BCUT2D eigenvalue weighted by Gasteiger charge is 2.11. The number of aromatic nitrogens is 1. The van der Waals surface area contributed by atoms with Crippen LogP contribution in [0.25, 0.3) is 0 Å². The van der Waals surface area contributed by atoms with E-state index >= 15 is 0 Å². The van der Waals surface area contributed by atoms with Gasteiger partial charge in [0, 0.05) is 12.3 Å². The number of carbonyl (C=O) groups is 1. The van der Waals surface area contributed by atoms with E-state index in [2.05, 4.69) is 10.3 Å². The fourth-order valence-corrected chi connectivity index (χ4v) is 2.91. The summed E-state index contributed by atoms with van der Waals surface area (Å²) in [5.41, 5.74) is 0.584. The highest BCUT2D eigenvalue weighted by molar-refractivity contribution is 8.00. The van der Waals surface area contributed by atoms with Crippen molar-refractivity contribution in [3.63, 3.8) is 0 Å². The molecule has 0 aliphatic carbocycles. The van der Waals surface area contributed by atoms with Gasteiger partial charge >= 0.3 is 0 Å². The largest absolute Gasteiger partial charge is 0.494 e. The minimum Gasteiger partial charge on any atom is -0.494 e. The summed E-state index contributed by atoms with van der Waals surface area (Å²) in [6.07, 6.45) is 1.64. The molecule has 1 aromatic carbocycles. The van der Waals surface area contributed by atoms with Crippen molar-refractivity contribution in [3.8, 4) is 11.5 Å². The molecule has 24 heavy (non-hydrogen) atoms. The Labute approximate surface area is 150 Å². The van der Waals surface area contributed by atoms with Gasteiger partial charge in [-0.2, -0.15) is 0 Å². The predicted molar refractivity (Wildman–Crippen MR) is 97.4 cm³/mol. The summed E-state index contributed by atoms with van der Waals surface area (Å²) >= 11 is 7.32. The molecule has 0 saturated carbocycles. The van der Waals surface area contributed by atoms with E-state index in [1.54, 1.807) is 30.5 Å². The van der Waals surface area contributed by atoms with Crippen LogP contribution < -0.4 is 14.8 Å².